The number of rotatable bonds is 2. The lowest BCUT2D eigenvalue weighted by atomic mass is 10.1. The molecule has 16 heavy (non-hydrogen) atoms. The lowest BCUT2D eigenvalue weighted by Crippen LogP contribution is -1.89. The molecule has 0 amide bonds. The number of hydrogen-bond donors (Lipinski definition) is 1. The summed E-state index contributed by atoms with van der Waals surface area (Å²) in [5.74, 6) is -0.241. The maximum atomic E-state index is 13.5. The molecule has 1 aromatic heterocycles. The average Bonchev–Trinajstić information content (AvgIpc) is 2.31. The number of nitrogens with zero attached hydrogens (tertiary/aromatic N) is 1. The molecule has 2 aromatic rings. The van der Waals surface area contributed by atoms with E-state index in [0.29, 0.717) is 16.9 Å². The van der Waals surface area contributed by atoms with Crippen LogP contribution in [0.25, 0.3) is 11.1 Å². The summed E-state index contributed by atoms with van der Waals surface area (Å²) in [4.78, 5) is 3.65. The highest BCUT2D eigenvalue weighted by molar-refractivity contribution is 5.73. The quantitative estimate of drug-likeness (QED) is 0.844. The van der Waals surface area contributed by atoms with Gasteiger partial charge in [0.1, 0.15) is 5.82 Å². The molecule has 0 bridgehead atoms. The zero-order chi connectivity index (χ0) is 11.5. The molecule has 0 aliphatic carbocycles. The first-order valence-corrected chi connectivity index (χ1v) is 4.70. The van der Waals surface area contributed by atoms with Crippen molar-refractivity contribution in [3.63, 3.8) is 0 Å². The fourth-order valence-electron chi connectivity index (χ4n) is 1.50. The molecule has 0 saturated heterocycles. The van der Waals surface area contributed by atoms with Crippen LogP contribution in [0.5, 0.6) is 11.5 Å². The molecular formula is C12H10FNO2. The topological polar surface area (TPSA) is 42.4 Å². The standard InChI is InChI=1S/C12H10FNO2/c1-16-11-4-2-3-9(12(11)15)8-5-6-14-7-10(8)13/h2-7,15H,1H3. The molecule has 0 aliphatic heterocycles. The summed E-state index contributed by atoms with van der Waals surface area (Å²) in [6.45, 7) is 0. The minimum Gasteiger partial charge on any atom is -0.504 e. The Bertz CT molecular complexity index is 514. The Morgan fingerprint density at radius 2 is 2.06 bits per heavy atom. The van der Waals surface area contributed by atoms with Crippen molar-refractivity contribution < 1.29 is 14.2 Å². The van der Waals surface area contributed by atoms with Crippen molar-refractivity contribution in [2.45, 2.75) is 0 Å². The van der Waals surface area contributed by atoms with E-state index in [1.165, 1.54) is 19.4 Å². The lowest BCUT2D eigenvalue weighted by Gasteiger charge is -2.09. The van der Waals surface area contributed by atoms with E-state index in [1.807, 2.05) is 0 Å². The second-order valence-electron chi connectivity index (χ2n) is 3.21. The molecule has 0 fully saturated rings. The largest absolute Gasteiger partial charge is 0.504 e. The Hall–Kier alpha value is -2.10. The van der Waals surface area contributed by atoms with Crippen LogP contribution in [0.2, 0.25) is 0 Å². The van der Waals surface area contributed by atoms with Gasteiger partial charge >= 0.3 is 0 Å². The molecule has 2 rings (SSSR count). The lowest BCUT2D eigenvalue weighted by molar-refractivity contribution is 0.374. The normalized spacial score (nSPS) is 10.1. The number of ether oxygens (including phenoxy) is 1. The Labute approximate surface area is 92.1 Å². The van der Waals surface area contributed by atoms with Gasteiger partial charge in [-0.2, -0.15) is 0 Å². The summed E-state index contributed by atoms with van der Waals surface area (Å²) >= 11 is 0. The average molecular weight is 219 g/mol. The molecule has 1 heterocycles. The van der Waals surface area contributed by atoms with E-state index >= 15 is 0 Å². The van der Waals surface area contributed by atoms with Crippen LogP contribution in [-0.4, -0.2) is 17.2 Å². The van der Waals surface area contributed by atoms with Gasteiger partial charge in [-0.3, -0.25) is 4.98 Å². The summed E-state index contributed by atoms with van der Waals surface area (Å²) in [6.07, 6.45) is 2.57. The van der Waals surface area contributed by atoms with Crippen LogP contribution in [0.1, 0.15) is 0 Å². The third-order valence-corrected chi connectivity index (χ3v) is 2.28. The van der Waals surface area contributed by atoms with E-state index < -0.39 is 5.82 Å². The number of benzene rings is 1. The van der Waals surface area contributed by atoms with Gasteiger partial charge in [-0.15, -0.1) is 0 Å². The van der Waals surface area contributed by atoms with Crippen molar-refractivity contribution in [3.8, 4) is 22.6 Å². The fourth-order valence-corrected chi connectivity index (χ4v) is 1.50. The highest BCUT2D eigenvalue weighted by Gasteiger charge is 2.12. The van der Waals surface area contributed by atoms with Crippen molar-refractivity contribution in [1.82, 2.24) is 4.98 Å². The number of aromatic hydroxyl groups is 1. The molecule has 0 radical (unpaired) electrons. The Balaban J connectivity index is 2.61. The second kappa shape index (κ2) is 4.18. The van der Waals surface area contributed by atoms with Gasteiger partial charge in [0.25, 0.3) is 0 Å². The van der Waals surface area contributed by atoms with Crippen molar-refractivity contribution in [2.75, 3.05) is 7.11 Å². The molecule has 0 spiro atoms. The van der Waals surface area contributed by atoms with Crippen LogP contribution in [0.15, 0.2) is 36.7 Å². The van der Waals surface area contributed by atoms with Crippen molar-refractivity contribution in [2.24, 2.45) is 0 Å². The fraction of sp³-hybridized carbons (Fsp3) is 0.0833. The molecule has 3 nitrogen and oxygen atoms in total. The highest BCUT2D eigenvalue weighted by Crippen LogP contribution is 2.37. The number of para-hydroxylation sites is 1. The van der Waals surface area contributed by atoms with Crippen LogP contribution in [0.3, 0.4) is 0 Å². The first-order valence-electron chi connectivity index (χ1n) is 4.70. The monoisotopic (exact) mass is 219 g/mol. The SMILES string of the molecule is COc1cccc(-c2ccncc2F)c1O. The van der Waals surface area contributed by atoms with Crippen LogP contribution >= 0.6 is 0 Å². The number of methoxy groups -OCH3 is 1. The molecule has 1 N–H and O–H groups in total. The van der Waals surface area contributed by atoms with Gasteiger partial charge in [-0.25, -0.2) is 4.39 Å². The van der Waals surface area contributed by atoms with Gasteiger partial charge in [-0.1, -0.05) is 12.1 Å². The predicted molar refractivity (Wildman–Crippen MR) is 57.8 cm³/mol. The molecule has 0 unspecified atom stereocenters. The van der Waals surface area contributed by atoms with Gasteiger partial charge in [0.05, 0.1) is 13.3 Å². The van der Waals surface area contributed by atoms with Crippen molar-refractivity contribution in [1.29, 1.82) is 0 Å². The Morgan fingerprint density at radius 3 is 2.75 bits per heavy atom. The van der Waals surface area contributed by atoms with Gasteiger partial charge in [0, 0.05) is 17.3 Å². The number of pyridine rings is 1. The summed E-state index contributed by atoms with van der Waals surface area (Å²) in [6, 6.07) is 6.42. The number of phenols is 1. The van der Waals surface area contributed by atoms with E-state index in [-0.39, 0.29) is 5.75 Å². The van der Waals surface area contributed by atoms with Crippen LogP contribution < -0.4 is 4.74 Å². The van der Waals surface area contributed by atoms with E-state index in [0.717, 1.165) is 6.20 Å². The number of hydrogen-bond acceptors (Lipinski definition) is 3. The van der Waals surface area contributed by atoms with Gasteiger partial charge in [-0.05, 0) is 12.1 Å². The number of phenolic OH excluding ortho intramolecular Hbond substituents is 1. The highest BCUT2D eigenvalue weighted by atomic mass is 19.1. The Kier molecular flexibility index (Phi) is 2.72. The second-order valence-corrected chi connectivity index (χ2v) is 3.21. The van der Waals surface area contributed by atoms with Crippen LogP contribution in [-0.2, 0) is 0 Å². The maximum absolute atomic E-state index is 13.5. The zero-order valence-corrected chi connectivity index (χ0v) is 8.64. The number of aromatic nitrogens is 1. The van der Waals surface area contributed by atoms with E-state index in [1.54, 1.807) is 18.2 Å². The number of halogens is 1. The summed E-state index contributed by atoms with van der Waals surface area (Å²) in [7, 11) is 1.45. The van der Waals surface area contributed by atoms with Gasteiger partial charge < -0.3 is 9.84 Å². The molecule has 0 atom stereocenters. The minimum atomic E-state index is -0.481. The molecular weight excluding hydrogens is 209 g/mol. The van der Waals surface area contributed by atoms with Crippen molar-refractivity contribution >= 4 is 0 Å². The van der Waals surface area contributed by atoms with Crippen molar-refractivity contribution in [3.05, 3.63) is 42.5 Å². The summed E-state index contributed by atoms with van der Waals surface area (Å²) in [5.41, 5.74) is 0.686. The summed E-state index contributed by atoms with van der Waals surface area (Å²) in [5, 5.41) is 9.85. The smallest absolute Gasteiger partial charge is 0.165 e. The van der Waals surface area contributed by atoms with Gasteiger partial charge in [0.15, 0.2) is 11.5 Å². The van der Waals surface area contributed by atoms with Crippen LogP contribution in [0, 0.1) is 5.82 Å². The molecule has 1 aromatic carbocycles. The zero-order valence-electron chi connectivity index (χ0n) is 8.64. The van der Waals surface area contributed by atoms with E-state index in [4.69, 9.17) is 4.74 Å². The minimum absolute atomic E-state index is 0.0740. The Morgan fingerprint density at radius 1 is 1.25 bits per heavy atom. The maximum Gasteiger partial charge on any atom is 0.165 e. The van der Waals surface area contributed by atoms with Crippen LogP contribution in [0.4, 0.5) is 4.39 Å². The molecule has 82 valence electrons. The van der Waals surface area contributed by atoms with E-state index in [2.05, 4.69) is 4.98 Å². The molecule has 4 heteroatoms. The molecule has 0 saturated carbocycles. The predicted octanol–water partition coefficient (Wildman–Crippen LogP) is 2.60. The molecule has 0 aliphatic rings. The van der Waals surface area contributed by atoms with Gasteiger partial charge in [0.2, 0.25) is 0 Å². The first-order chi connectivity index (χ1) is 7.74. The first kappa shape index (κ1) is 10.4. The summed E-state index contributed by atoms with van der Waals surface area (Å²) < 4.78 is 18.4. The third-order valence-electron chi connectivity index (χ3n) is 2.28. The third kappa shape index (κ3) is 1.69. The van der Waals surface area contributed by atoms with E-state index in [9.17, 15) is 9.50 Å².